The topological polar surface area (TPSA) is 95.9 Å². The van der Waals surface area contributed by atoms with E-state index in [-0.39, 0.29) is 35.7 Å². The van der Waals surface area contributed by atoms with Crippen molar-refractivity contribution >= 4 is 41.3 Å². The number of fused-ring (bicyclic) bond motifs is 2. The van der Waals surface area contributed by atoms with Gasteiger partial charge in [0.2, 0.25) is 5.91 Å². The average Bonchev–Trinajstić information content (AvgIpc) is 2.82. The van der Waals surface area contributed by atoms with Gasteiger partial charge in [0.1, 0.15) is 11.7 Å². The molecule has 2 N–H and O–H groups in total. The molecule has 0 spiro atoms. The van der Waals surface area contributed by atoms with Gasteiger partial charge in [0.15, 0.2) is 0 Å². The van der Waals surface area contributed by atoms with Gasteiger partial charge in [-0.2, -0.15) is 0 Å². The SMILES string of the molecule is COCSC1=C(C(=O)O)N2C[C@@H](SC1)[C@H](NC(=O)Cc1ccccc1)C2=O. The molecule has 1 aromatic carbocycles. The van der Waals surface area contributed by atoms with Crippen molar-refractivity contribution < 1.29 is 24.2 Å². The Hall–Kier alpha value is -1.97. The number of nitrogens with zero attached hydrogens (tertiary/aromatic N) is 1. The van der Waals surface area contributed by atoms with E-state index in [1.54, 1.807) is 0 Å². The van der Waals surface area contributed by atoms with Gasteiger partial charge in [0.05, 0.1) is 17.6 Å². The van der Waals surface area contributed by atoms with Crippen LogP contribution in [0.3, 0.4) is 0 Å². The third kappa shape index (κ3) is 4.48. The Morgan fingerprint density at radius 3 is 2.78 bits per heavy atom. The zero-order valence-electron chi connectivity index (χ0n) is 14.7. The summed E-state index contributed by atoms with van der Waals surface area (Å²) in [4.78, 5) is 38.9. The molecule has 7 nitrogen and oxygen atoms in total. The lowest BCUT2D eigenvalue weighted by molar-refractivity contribution is -0.139. The van der Waals surface area contributed by atoms with Crippen molar-refractivity contribution in [3.63, 3.8) is 0 Å². The fraction of sp³-hybridized carbons (Fsp3) is 0.389. The molecular formula is C18H20N2O5S2. The number of aliphatic carboxylic acids is 1. The number of hydrogen-bond donors (Lipinski definition) is 2. The number of ether oxygens (including phenoxy) is 1. The average molecular weight is 409 g/mol. The van der Waals surface area contributed by atoms with Crippen molar-refractivity contribution in [3.8, 4) is 0 Å². The second kappa shape index (κ2) is 8.81. The maximum Gasteiger partial charge on any atom is 0.353 e. The van der Waals surface area contributed by atoms with Gasteiger partial charge in [-0.05, 0) is 5.56 Å². The molecule has 144 valence electrons. The van der Waals surface area contributed by atoms with E-state index >= 15 is 0 Å². The first-order valence-corrected chi connectivity index (χ1v) is 10.4. The summed E-state index contributed by atoms with van der Waals surface area (Å²) >= 11 is 2.77. The minimum absolute atomic E-state index is 0.00291. The highest BCUT2D eigenvalue weighted by Crippen LogP contribution is 2.38. The van der Waals surface area contributed by atoms with Crippen LogP contribution in [-0.4, -0.2) is 64.4 Å². The van der Waals surface area contributed by atoms with E-state index in [9.17, 15) is 19.5 Å². The zero-order valence-corrected chi connectivity index (χ0v) is 16.3. The lowest BCUT2D eigenvalue weighted by atomic mass is 10.1. The third-order valence-corrected chi connectivity index (χ3v) is 6.83. The molecule has 0 saturated carbocycles. The Morgan fingerprint density at radius 2 is 2.11 bits per heavy atom. The van der Waals surface area contributed by atoms with Gasteiger partial charge in [-0.25, -0.2) is 4.79 Å². The number of thioether (sulfide) groups is 2. The number of carbonyl (C=O) groups excluding carboxylic acids is 2. The fourth-order valence-corrected chi connectivity index (χ4v) is 5.35. The minimum Gasteiger partial charge on any atom is -0.477 e. The van der Waals surface area contributed by atoms with E-state index in [1.165, 1.54) is 35.5 Å². The molecule has 1 fully saturated rings. The van der Waals surface area contributed by atoms with Gasteiger partial charge in [0.25, 0.3) is 5.91 Å². The van der Waals surface area contributed by atoms with Crippen LogP contribution in [0.15, 0.2) is 40.9 Å². The summed E-state index contributed by atoms with van der Waals surface area (Å²) in [6.07, 6.45) is 0.179. The third-order valence-electron chi connectivity index (χ3n) is 4.31. The van der Waals surface area contributed by atoms with Crippen LogP contribution in [0.4, 0.5) is 0 Å². The van der Waals surface area contributed by atoms with Crippen LogP contribution in [0, 0.1) is 0 Å². The number of carboxylic acid groups (broad SMARTS) is 1. The lowest BCUT2D eigenvalue weighted by Gasteiger charge is -2.22. The summed E-state index contributed by atoms with van der Waals surface area (Å²) in [7, 11) is 1.54. The van der Waals surface area contributed by atoms with Crippen LogP contribution in [-0.2, 0) is 25.5 Å². The second-order valence-electron chi connectivity index (χ2n) is 6.13. The first kappa shape index (κ1) is 19.8. The highest BCUT2D eigenvalue weighted by molar-refractivity contribution is 8.06. The van der Waals surface area contributed by atoms with Crippen molar-refractivity contribution in [2.75, 3.05) is 25.3 Å². The molecule has 2 amide bonds. The zero-order chi connectivity index (χ0) is 19.4. The molecular weight excluding hydrogens is 388 g/mol. The second-order valence-corrected chi connectivity index (χ2v) is 8.38. The highest BCUT2D eigenvalue weighted by Gasteiger charge is 2.47. The molecule has 0 aliphatic carbocycles. The summed E-state index contributed by atoms with van der Waals surface area (Å²) in [5.74, 6) is -0.977. The number of carbonyl (C=O) groups is 3. The Bertz CT molecular complexity index is 768. The first-order chi connectivity index (χ1) is 13.0. The van der Waals surface area contributed by atoms with E-state index in [0.29, 0.717) is 16.6 Å². The van der Waals surface area contributed by atoms with Crippen LogP contribution >= 0.6 is 23.5 Å². The van der Waals surface area contributed by atoms with Crippen molar-refractivity contribution in [2.24, 2.45) is 0 Å². The summed E-state index contributed by atoms with van der Waals surface area (Å²) in [6, 6.07) is 8.56. The number of rotatable bonds is 7. The fourth-order valence-electron chi connectivity index (χ4n) is 3.09. The van der Waals surface area contributed by atoms with Gasteiger partial charge >= 0.3 is 5.97 Å². The minimum atomic E-state index is -1.14. The van der Waals surface area contributed by atoms with Crippen LogP contribution < -0.4 is 5.32 Å². The summed E-state index contributed by atoms with van der Waals surface area (Å²) < 4.78 is 5.02. The summed E-state index contributed by atoms with van der Waals surface area (Å²) in [6.45, 7) is 0.276. The van der Waals surface area contributed by atoms with Crippen LogP contribution in [0.1, 0.15) is 5.56 Å². The number of methoxy groups -OCH3 is 1. The van der Waals surface area contributed by atoms with Crippen molar-refractivity contribution in [2.45, 2.75) is 17.7 Å². The Balaban J connectivity index is 1.74. The monoisotopic (exact) mass is 408 g/mol. The van der Waals surface area contributed by atoms with Crippen molar-refractivity contribution in [3.05, 3.63) is 46.5 Å². The van der Waals surface area contributed by atoms with Gasteiger partial charge in [-0.3, -0.25) is 9.59 Å². The van der Waals surface area contributed by atoms with Crippen molar-refractivity contribution in [1.29, 1.82) is 0 Å². The standard InChI is InChI=1S/C18H20N2O5S2/c1-25-10-27-13-9-26-12-8-20(16(13)18(23)24)17(22)15(12)19-14(21)7-11-5-3-2-4-6-11/h2-6,12,15H,7-10H2,1H3,(H,19,21)(H,23,24)/t12-,15+/m1/s1. The van der Waals surface area contributed by atoms with Crippen LogP contribution in [0.5, 0.6) is 0 Å². The predicted molar refractivity (Wildman–Crippen MR) is 104 cm³/mol. The maximum atomic E-state index is 12.8. The Labute approximate surface area is 165 Å². The van der Waals surface area contributed by atoms with Crippen LogP contribution in [0.25, 0.3) is 0 Å². The quantitative estimate of drug-likeness (QED) is 0.657. The smallest absolute Gasteiger partial charge is 0.353 e. The number of carboxylic acids is 1. The Morgan fingerprint density at radius 1 is 1.37 bits per heavy atom. The number of amides is 2. The van der Waals surface area contributed by atoms with E-state index in [1.807, 2.05) is 30.3 Å². The van der Waals surface area contributed by atoms with Gasteiger partial charge < -0.3 is 20.1 Å². The molecule has 0 unspecified atom stereocenters. The Kier molecular flexibility index (Phi) is 6.46. The highest BCUT2D eigenvalue weighted by atomic mass is 32.2. The molecule has 9 heteroatoms. The molecule has 2 bridgehead atoms. The maximum absolute atomic E-state index is 12.8. The first-order valence-electron chi connectivity index (χ1n) is 8.35. The molecule has 0 aromatic heterocycles. The molecule has 2 heterocycles. The molecule has 1 saturated heterocycles. The van der Waals surface area contributed by atoms with Gasteiger partial charge in [-0.15, -0.1) is 11.8 Å². The molecule has 27 heavy (non-hydrogen) atoms. The number of nitrogens with one attached hydrogen (secondary N) is 1. The normalized spacial score (nSPS) is 22.0. The lowest BCUT2D eigenvalue weighted by Crippen LogP contribution is -2.46. The molecule has 2 aliphatic heterocycles. The van der Waals surface area contributed by atoms with Gasteiger partial charge in [0, 0.05) is 24.3 Å². The molecule has 0 radical (unpaired) electrons. The van der Waals surface area contributed by atoms with E-state index in [2.05, 4.69) is 5.32 Å². The van der Waals surface area contributed by atoms with Gasteiger partial charge in [-0.1, -0.05) is 42.1 Å². The predicted octanol–water partition coefficient (Wildman–Crippen LogP) is 1.30. The van der Waals surface area contributed by atoms with E-state index < -0.39 is 12.0 Å². The molecule has 1 aromatic rings. The number of benzene rings is 1. The van der Waals surface area contributed by atoms with Crippen LogP contribution in [0.2, 0.25) is 0 Å². The largest absolute Gasteiger partial charge is 0.477 e. The molecule has 2 aliphatic rings. The van der Waals surface area contributed by atoms with E-state index in [4.69, 9.17) is 4.74 Å². The molecule has 3 rings (SSSR count). The summed E-state index contributed by atoms with van der Waals surface area (Å²) in [5.41, 5.74) is 0.856. The summed E-state index contributed by atoms with van der Waals surface area (Å²) in [5, 5.41) is 12.2. The van der Waals surface area contributed by atoms with E-state index in [0.717, 1.165) is 5.56 Å². The molecule has 2 atom stereocenters. The number of hydrogen-bond acceptors (Lipinski definition) is 6. The van der Waals surface area contributed by atoms with Crippen molar-refractivity contribution in [1.82, 2.24) is 10.2 Å².